The van der Waals surface area contributed by atoms with Crippen molar-refractivity contribution < 1.29 is 4.42 Å². The van der Waals surface area contributed by atoms with Crippen molar-refractivity contribution in [3.05, 3.63) is 160 Å². The van der Waals surface area contributed by atoms with E-state index in [9.17, 15) is 0 Å². The number of nitrogens with zero attached hydrogens (tertiary/aromatic N) is 1. The molecule has 0 N–H and O–H groups in total. The number of furan rings is 1. The molecule has 2 heteroatoms. The van der Waals surface area contributed by atoms with Gasteiger partial charge in [-0.1, -0.05) is 124 Å². The van der Waals surface area contributed by atoms with Crippen LogP contribution in [0.25, 0.3) is 61.6 Å². The molecule has 0 saturated carbocycles. The molecule has 0 atom stereocenters. The highest BCUT2D eigenvalue weighted by Gasteiger charge is 2.36. The fraction of sp³-hybridized carbons (Fsp3) is 0.200. The fourth-order valence-electron chi connectivity index (χ4n) is 9.23. The maximum Gasteiger partial charge on any atom is 0.142 e. The fourth-order valence-corrected chi connectivity index (χ4v) is 9.23. The van der Waals surface area contributed by atoms with Crippen molar-refractivity contribution in [2.24, 2.45) is 0 Å². The summed E-state index contributed by atoms with van der Waals surface area (Å²) in [6.45, 7) is 7.05. The van der Waals surface area contributed by atoms with Crippen LogP contribution in [-0.4, -0.2) is 0 Å². The monoisotopic (exact) mass is 673 g/mol. The summed E-state index contributed by atoms with van der Waals surface area (Å²) in [6.07, 6.45) is 16.1. The lowest BCUT2D eigenvalue weighted by atomic mass is 9.82. The third-order valence-electron chi connectivity index (χ3n) is 11.8. The second kappa shape index (κ2) is 12.0. The first-order valence-corrected chi connectivity index (χ1v) is 19.1. The van der Waals surface area contributed by atoms with Gasteiger partial charge >= 0.3 is 0 Å². The normalized spacial score (nSPS) is 15.8. The van der Waals surface area contributed by atoms with Crippen LogP contribution in [0.5, 0.6) is 0 Å². The second-order valence-corrected chi connectivity index (χ2v) is 15.4. The lowest BCUT2D eigenvalue weighted by molar-refractivity contribution is 0.660. The van der Waals surface area contributed by atoms with Crippen molar-refractivity contribution in [3.8, 4) is 11.1 Å². The van der Waals surface area contributed by atoms with E-state index in [4.69, 9.17) is 4.42 Å². The Morgan fingerprint density at radius 3 is 2.40 bits per heavy atom. The summed E-state index contributed by atoms with van der Waals surface area (Å²) in [5.74, 6) is 0. The van der Waals surface area contributed by atoms with Gasteiger partial charge in [-0.2, -0.15) is 0 Å². The molecule has 0 spiro atoms. The van der Waals surface area contributed by atoms with Crippen LogP contribution in [0, 0.1) is 0 Å². The van der Waals surface area contributed by atoms with Crippen LogP contribution in [-0.2, 0) is 11.8 Å². The highest BCUT2D eigenvalue weighted by Crippen LogP contribution is 2.51. The van der Waals surface area contributed by atoms with Crippen LogP contribution in [0.1, 0.15) is 75.1 Å². The Morgan fingerprint density at radius 1 is 0.654 bits per heavy atom. The lowest BCUT2D eigenvalue weighted by Crippen LogP contribution is -2.27. The van der Waals surface area contributed by atoms with E-state index in [1.807, 2.05) is 0 Å². The standard InChI is InChI=1S/C50H43NO/c1-4-11-32-20-27-46-45(28-32)41-26-25-38(31-47(41)50(46,2)3)51(37-24-23-34-22-21-33-12-5-6-15-39(33)44(34)30-37)36-14-9-13-35(29-36)40-17-10-18-43-42-16-7-8-19-48(42)52-49(40)43/h7-8,10,12,14-31H,4-6,9,11,13H2,1-3H3. The van der Waals surface area contributed by atoms with Gasteiger partial charge in [0, 0.05) is 38.8 Å². The summed E-state index contributed by atoms with van der Waals surface area (Å²) in [5.41, 5.74) is 14.9. The van der Waals surface area contributed by atoms with Crippen molar-refractivity contribution in [1.29, 1.82) is 0 Å². The molecular formula is C50H43NO. The molecule has 1 heterocycles. The number of aryl methyl sites for hydroxylation is 1. The van der Waals surface area contributed by atoms with E-state index in [2.05, 4.69) is 159 Å². The Labute approximate surface area is 305 Å². The molecule has 52 heavy (non-hydrogen) atoms. The van der Waals surface area contributed by atoms with Crippen molar-refractivity contribution in [2.45, 2.75) is 64.7 Å². The van der Waals surface area contributed by atoms with Crippen molar-refractivity contribution >= 4 is 61.8 Å². The van der Waals surface area contributed by atoms with Crippen LogP contribution < -0.4 is 15.3 Å². The van der Waals surface area contributed by atoms with E-state index in [1.165, 1.54) is 88.0 Å². The number of hydrogen-bond donors (Lipinski definition) is 0. The summed E-state index contributed by atoms with van der Waals surface area (Å²) in [5, 5.41) is 7.67. The van der Waals surface area contributed by atoms with Crippen molar-refractivity contribution in [3.63, 3.8) is 0 Å². The molecule has 2 nitrogen and oxygen atoms in total. The Morgan fingerprint density at radius 2 is 1.48 bits per heavy atom. The SMILES string of the molecule is CCCc1ccc2c(c1)-c1ccc(N(C3=CCCC(c4cccc5c4oc4ccccc45)=C3)c3ccc4ccc5c(c4c3)=CCCC=5)cc1C2(C)C. The Balaban J connectivity index is 1.16. The Bertz CT molecular complexity index is 2790. The molecule has 6 aromatic carbocycles. The average molecular weight is 674 g/mol. The number of fused-ring (bicyclic) bond motifs is 9. The van der Waals surface area contributed by atoms with Gasteiger partial charge in [-0.15, -0.1) is 0 Å². The van der Waals surface area contributed by atoms with Gasteiger partial charge in [-0.05, 0) is 123 Å². The summed E-state index contributed by atoms with van der Waals surface area (Å²) in [6, 6.07) is 41.0. The highest BCUT2D eigenvalue weighted by molar-refractivity contribution is 6.08. The largest absolute Gasteiger partial charge is 0.455 e. The molecule has 7 aromatic rings. The molecule has 0 saturated heterocycles. The summed E-state index contributed by atoms with van der Waals surface area (Å²) >= 11 is 0. The first-order chi connectivity index (χ1) is 25.5. The van der Waals surface area contributed by atoms with Gasteiger partial charge in [0.1, 0.15) is 11.2 Å². The van der Waals surface area contributed by atoms with E-state index in [-0.39, 0.29) is 5.41 Å². The minimum Gasteiger partial charge on any atom is -0.455 e. The predicted octanol–water partition coefficient (Wildman–Crippen LogP) is 12.3. The summed E-state index contributed by atoms with van der Waals surface area (Å²) in [7, 11) is 0. The van der Waals surface area contributed by atoms with Crippen LogP contribution in [0.3, 0.4) is 0 Å². The number of anilines is 2. The zero-order chi connectivity index (χ0) is 35.0. The zero-order valence-corrected chi connectivity index (χ0v) is 30.3. The number of para-hydroxylation sites is 2. The lowest BCUT2D eigenvalue weighted by Gasteiger charge is -2.31. The number of allylic oxidation sites excluding steroid dienone is 3. The summed E-state index contributed by atoms with van der Waals surface area (Å²) < 4.78 is 6.55. The number of hydrogen-bond acceptors (Lipinski definition) is 2. The van der Waals surface area contributed by atoms with Gasteiger partial charge in [0.05, 0.1) is 0 Å². The zero-order valence-electron chi connectivity index (χ0n) is 30.3. The Kier molecular flexibility index (Phi) is 7.18. The second-order valence-electron chi connectivity index (χ2n) is 15.4. The highest BCUT2D eigenvalue weighted by atomic mass is 16.3. The molecule has 10 rings (SSSR count). The molecule has 0 amide bonds. The minimum absolute atomic E-state index is 0.0940. The third-order valence-corrected chi connectivity index (χ3v) is 11.8. The van der Waals surface area contributed by atoms with Crippen molar-refractivity contribution in [1.82, 2.24) is 0 Å². The van der Waals surface area contributed by atoms with Crippen LogP contribution in [0.4, 0.5) is 11.4 Å². The van der Waals surface area contributed by atoms with E-state index in [0.717, 1.165) is 49.7 Å². The predicted molar refractivity (Wildman–Crippen MR) is 221 cm³/mol. The van der Waals surface area contributed by atoms with Gasteiger partial charge in [0.25, 0.3) is 0 Å². The Hall–Kier alpha value is -5.60. The quantitative estimate of drug-likeness (QED) is 0.175. The number of rotatable bonds is 6. The molecule has 254 valence electrons. The first-order valence-electron chi connectivity index (χ1n) is 19.1. The van der Waals surface area contributed by atoms with Crippen LogP contribution in [0.2, 0.25) is 0 Å². The van der Waals surface area contributed by atoms with Gasteiger partial charge in [0.15, 0.2) is 0 Å². The smallest absolute Gasteiger partial charge is 0.142 e. The summed E-state index contributed by atoms with van der Waals surface area (Å²) in [4.78, 5) is 2.51. The maximum absolute atomic E-state index is 6.55. The number of benzene rings is 6. The molecule has 0 aliphatic heterocycles. The topological polar surface area (TPSA) is 16.4 Å². The van der Waals surface area contributed by atoms with E-state index < -0.39 is 0 Å². The molecule has 0 fully saturated rings. The van der Waals surface area contributed by atoms with Gasteiger partial charge < -0.3 is 9.32 Å². The molecule has 0 bridgehead atoms. The van der Waals surface area contributed by atoms with Gasteiger partial charge in [-0.25, -0.2) is 0 Å². The van der Waals surface area contributed by atoms with Gasteiger partial charge in [0.2, 0.25) is 0 Å². The molecule has 0 unspecified atom stereocenters. The minimum atomic E-state index is -0.0940. The van der Waals surface area contributed by atoms with Crippen LogP contribution in [0.15, 0.2) is 131 Å². The molecule has 1 aromatic heterocycles. The molecular weight excluding hydrogens is 631 g/mol. The van der Waals surface area contributed by atoms with Gasteiger partial charge in [-0.3, -0.25) is 0 Å². The van der Waals surface area contributed by atoms with E-state index in [1.54, 1.807) is 0 Å². The average Bonchev–Trinajstić information content (AvgIpc) is 3.67. The van der Waals surface area contributed by atoms with Crippen molar-refractivity contribution in [2.75, 3.05) is 4.90 Å². The van der Waals surface area contributed by atoms with E-state index >= 15 is 0 Å². The molecule has 3 aliphatic rings. The maximum atomic E-state index is 6.55. The van der Waals surface area contributed by atoms with E-state index in [0.29, 0.717) is 0 Å². The molecule has 3 aliphatic carbocycles. The van der Waals surface area contributed by atoms with Crippen LogP contribution >= 0.6 is 0 Å². The molecule has 0 radical (unpaired) electrons. The third kappa shape index (κ3) is 4.84. The first kappa shape index (κ1) is 31.2.